The van der Waals surface area contributed by atoms with Crippen LogP contribution in [0.15, 0.2) is 61.4 Å². The van der Waals surface area contributed by atoms with Crippen LogP contribution in [0.25, 0.3) is 0 Å². The van der Waals surface area contributed by atoms with Gasteiger partial charge < -0.3 is 9.88 Å². The highest BCUT2D eigenvalue weighted by Crippen LogP contribution is 2.07. The van der Waals surface area contributed by atoms with Gasteiger partial charge in [-0.2, -0.15) is 5.10 Å². The van der Waals surface area contributed by atoms with E-state index in [1.54, 1.807) is 18.7 Å². The molecule has 1 N–H and O–H groups in total. The normalized spacial score (nSPS) is 12.0. The highest BCUT2D eigenvalue weighted by Gasteiger charge is 2.10. The van der Waals surface area contributed by atoms with Crippen molar-refractivity contribution in [3.8, 4) is 0 Å². The van der Waals surface area contributed by atoms with Crippen LogP contribution in [-0.2, 0) is 13.1 Å². The molecular formula is C17H19N5O. The molecule has 0 aliphatic carbocycles. The topological polar surface area (TPSA) is 64.7 Å². The lowest BCUT2D eigenvalue weighted by Crippen LogP contribution is -2.35. The Morgan fingerprint density at radius 2 is 2.04 bits per heavy atom. The number of rotatable bonds is 6. The summed E-state index contributed by atoms with van der Waals surface area (Å²) in [5.41, 5.74) is 1.77. The predicted molar refractivity (Wildman–Crippen MR) is 86.9 cm³/mol. The largest absolute Gasteiger partial charge is 0.348 e. The Hall–Kier alpha value is -2.89. The van der Waals surface area contributed by atoms with Crippen LogP contribution in [-0.4, -0.2) is 31.3 Å². The van der Waals surface area contributed by atoms with E-state index >= 15 is 0 Å². The number of carbonyl (C=O) groups is 1. The Morgan fingerprint density at radius 3 is 2.70 bits per heavy atom. The lowest BCUT2D eigenvalue weighted by atomic mass is 10.1. The number of amides is 1. The fourth-order valence-electron chi connectivity index (χ4n) is 2.41. The molecule has 1 aromatic carbocycles. The van der Waals surface area contributed by atoms with E-state index in [0.717, 1.165) is 5.56 Å². The molecular weight excluding hydrogens is 290 g/mol. The first-order valence-electron chi connectivity index (χ1n) is 7.53. The number of nitrogens with zero attached hydrogens (tertiary/aromatic N) is 4. The van der Waals surface area contributed by atoms with Gasteiger partial charge in [0.1, 0.15) is 0 Å². The van der Waals surface area contributed by atoms with Crippen molar-refractivity contribution in [3.63, 3.8) is 0 Å². The molecule has 3 rings (SSSR count). The number of benzene rings is 1. The maximum absolute atomic E-state index is 12.3. The second-order valence-corrected chi connectivity index (χ2v) is 5.53. The minimum absolute atomic E-state index is 0.0282. The molecule has 0 aliphatic heterocycles. The molecule has 2 aromatic heterocycles. The van der Waals surface area contributed by atoms with E-state index in [2.05, 4.69) is 15.4 Å². The lowest BCUT2D eigenvalue weighted by molar-refractivity contribution is 0.0936. The zero-order valence-corrected chi connectivity index (χ0v) is 13.0. The van der Waals surface area contributed by atoms with E-state index in [0.29, 0.717) is 18.7 Å². The first-order chi connectivity index (χ1) is 11.2. The molecule has 0 fully saturated rings. The van der Waals surface area contributed by atoms with Crippen molar-refractivity contribution in [2.75, 3.05) is 0 Å². The van der Waals surface area contributed by atoms with Crippen LogP contribution in [0, 0.1) is 0 Å². The average Bonchev–Trinajstić information content (AvgIpc) is 3.21. The minimum Gasteiger partial charge on any atom is -0.348 e. The summed E-state index contributed by atoms with van der Waals surface area (Å²) in [5.74, 6) is -0.0664. The third kappa shape index (κ3) is 4.06. The second kappa shape index (κ2) is 6.91. The molecule has 118 valence electrons. The molecule has 0 aliphatic rings. The Balaban J connectivity index is 1.56. The van der Waals surface area contributed by atoms with Crippen molar-refractivity contribution in [3.05, 3.63) is 72.6 Å². The van der Waals surface area contributed by atoms with Gasteiger partial charge >= 0.3 is 0 Å². The number of hydrogen-bond donors (Lipinski definition) is 1. The first kappa shape index (κ1) is 15.0. The fourth-order valence-corrected chi connectivity index (χ4v) is 2.41. The van der Waals surface area contributed by atoms with Crippen molar-refractivity contribution < 1.29 is 4.79 Å². The van der Waals surface area contributed by atoms with Crippen LogP contribution < -0.4 is 5.32 Å². The molecule has 0 saturated carbocycles. The maximum Gasteiger partial charge on any atom is 0.251 e. The summed E-state index contributed by atoms with van der Waals surface area (Å²) < 4.78 is 3.79. The molecule has 0 spiro atoms. The van der Waals surface area contributed by atoms with E-state index in [1.807, 2.05) is 58.9 Å². The zero-order chi connectivity index (χ0) is 16.1. The van der Waals surface area contributed by atoms with E-state index in [-0.39, 0.29) is 11.9 Å². The molecule has 6 nitrogen and oxygen atoms in total. The van der Waals surface area contributed by atoms with Gasteiger partial charge in [-0.05, 0) is 30.7 Å². The van der Waals surface area contributed by atoms with Gasteiger partial charge in [-0.15, -0.1) is 0 Å². The minimum atomic E-state index is -0.0664. The lowest BCUT2D eigenvalue weighted by Gasteiger charge is -2.14. The van der Waals surface area contributed by atoms with Crippen LogP contribution in [0.2, 0.25) is 0 Å². The molecule has 1 unspecified atom stereocenters. The summed E-state index contributed by atoms with van der Waals surface area (Å²) >= 11 is 0. The van der Waals surface area contributed by atoms with E-state index in [9.17, 15) is 4.79 Å². The van der Waals surface area contributed by atoms with Gasteiger partial charge in [0.25, 0.3) is 5.91 Å². The zero-order valence-electron chi connectivity index (χ0n) is 13.0. The molecule has 1 amide bonds. The van der Waals surface area contributed by atoms with Gasteiger partial charge in [0.05, 0.1) is 12.9 Å². The number of nitrogens with one attached hydrogen (secondary N) is 1. The molecule has 1 atom stereocenters. The monoisotopic (exact) mass is 309 g/mol. The molecule has 0 bridgehead atoms. The third-order valence-electron chi connectivity index (χ3n) is 3.54. The quantitative estimate of drug-likeness (QED) is 0.757. The van der Waals surface area contributed by atoms with Gasteiger partial charge in [0.2, 0.25) is 0 Å². The molecule has 23 heavy (non-hydrogen) atoms. The van der Waals surface area contributed by atoms with Gasteiger partial charge in [-0.1, -0.05) is 12.1 Å². The average molecular weight is 309 g/mol. The molecule has 3 aromatic rings. The maximum atomic E-state index is 12.3. The standard InChI is InChI=1S/C17H19N5O/c1-14(11-21-10-8-18-13-21)20-17(23)16-5-3-15(4-6-16)12-22-9-2-7-19-22/h2-10,13-14H,11-12H2,1H3,(H,20,23). The van der Waals surface area contributed by atoms with Crippen molar-refractivity contribution in [2.24, 2.45) is 0 Å². The first-order valence-corrected chi connectivity index (χ1v) is 7.53. The van der Waals surface area contributed by atoms with E-state index in [1.165, 1.54) is 0 Å². The highest BCUT2D eigenvalue weighted by atomic mass is 16.1. The third-order valence-corrected chi connectivity index (χ3v) is 3.54. The molecule has 2 heterocycles. The summed E-state index contributed by atoms with van der Waals surface area (Å²) in [4.78, 5) is 16.3. The molecule has 0 saturated heterocycles. The highest BCUT2D eigenvalue weighted by molar-refractivity contribution is 5.94. The SMILES string of the molecule is CC(Cn1ccnc1)NC(=O)c1ccc(Cn2cccn2)cc1. The summed E-state index contributed by atoms with van der Waals surface area (Å²) in [6.45, 7) is 3.37. The summed E-state index contributed by atoms with van der Waals surface area (Å²) in [6.07, 6.45) is 9.02. The number of hydrogen-bond acceptors (Lipinski definition) is 3. The van der Waals surface area contributed by atoms with Crippen molar-refractivity contribution in [1.82, 2.24) is 24.6 Å². The van der Waals surface area contributed by atoms with Crippen LogP contribution in [0.3, 0.4) is 0 Å². The summed E-state index contributed by atoms with van der Waals surface area (Å²) in [7, 11) is 0. The number of aromatic nitrogens is 4. The molecule has 0 radical (unpaired) electrons. The number of imidazole rings is 1. The Kier molecular flexibility index (Phi) is 4.52. The number of carbonyl (C=O) groups excluding carboxylic acids is 1. The van der Waals surface area contributed by atoms with Gasteiger partial charge in [-0.3, -0.25) is 9.48 Å². The van der Waals surface area contributed by atoms with E-state index < -0.39 is 0 Å². The van der Waals surface area contributed by atoms with Gasteiger partial charge in [0.15, 0.2) is 0 Å². The second-order valence-electron chi connectivity index (χ2n) is 5.53. The van der Waals surface area contributed by atoms with Crippen molar-refractivity contribution >= 4 is 5.91 Å². The van der Waals surface area contributed by atoms with E-state index in [4.69, 9.17) is 0 Å². The predicted octanol–water partition coefficient (Wildman–Crippen LogP) is 1.95. The Labute approximate surface area is 134 Å². The van der Waals surface area contributed by atoms with Crippen LogP contribution >= 0.6 is 0 Å². The fraction of sp³-hybridized carbons (Fsp3) is 0.235. The Bertz CT molecular complexity index is 732. The van der Waals surface area contributed by atoms with Gasteiger partial charge in [0, 0.05) is 42.9 Å². The van der Waals surface area contributed by atoms with Crippen molar-refractivity contribution in [2.45, 2.75) is 26.1 Å². The van der Waals surface area contributed by atoms with Crippen molar-refractivity contribution in [1.29, 1.82) is 0 Å². The smallest absolute Gasteiger partial charge is 0.251 e. The Morgan fingerprint density at radius 1 is 1.22 bits per heavy atom. The van der Waals surface area contributed by atoms with Crippen LogP contribution in [0.4, 0.5) is 0 Å². The van der Waals surface area contributed by atoms with Gasteiger partial charge in [-0.25, -0.2) is 4.98 Å². The summed E-state index contributed by atoms with van der Waals surface area (Å²) in [6, 6.07) is 9.52. The molecule has 6 heteroatoms. The van der Waals surface area contributed by atoms with Crippen LogP contribution in [0.1, 0.15) is 22.8 Å². The van der Waals surface area contributed by atoms with Crippen LogP contribution in [0.5, 0.6) is 0 Å². The summed E-state index contributed by atoms with van der Waals surface area (Å²) in [5, 5.41) is 7.17.